The Balaban J connectivity index is 1.63. The summed E-state index contributed by atoms with van der Waals surface area (Å²) in [7, 11) is 0. The Bertz CT molecular complexity index is 1090. The average molecular weight is 355 g/mol. The van der Waals surface area contributed by atoms with Crippen molar-refractivity contribution in [2.75, 3.05) is 0 Å². The molecule has 0 unspecified atom stereocenters. The van der Waals surface area contributed by atoms with Crippen molar-refractivity contribution in [1.29, 1.82) is 0 Å². The van der Waals surface area contributed by atoms with Gasteiger partial charge in [0.25, 0.3) is 5.56 Å². The lowest BCUT2D eigenvalue weighted by Crippen LogP contribution is -2.17. The molecule has 0 amide bonds. The first kappa shape index (κ1) is 16.7. The first-order chi connectivity index (χ1) is 13.3. The van der Waals surface area contributed by atoms with Crippen molar-refractivity contribution in [2.45, 2.75) is 6.61 Å². The van der Waals surface area contributed by atoms with Crippen LogP contribution in [0, 0.1) is 0 Å². The molecule has 132 valence electrons. The van der Waals surface area contributed by atoms with Gasteiger partial charge in [-0.25, -0.2) is 0 Å². The second-order valence-corrected chi connectivity index (χ2v) is 5.93. The highest BCUT2D eigenvalue weighted by molar-refractivity contribution is 5.72. The third kappa shape index (κ3) is 3.77. The van der Waals surface area contributed by atoms with Crippen molar-refractivity contribution in [3.8, 4) is 22.6 Å². The predicted octanol–water partition coefficient (Wildman–Crippen LogP) is 3.87. The Morgan fingerprint density at radius 1 is 0.889 bits per heavy atom. The van der Waals surface area contributed by atoms with Gasteiger partial charge < -0.3 is 4.74 Å². The molecule has 0 fully saturated rings. The molecule has 0 saturated heterocycles. The Morgan fingerprint density at radius 3 is 2.48 bits per heavy atom. The molecule has 0 atom stereocenters. The minimum Gasteiger partial charge on any atom is -0.487 e. The predicted molar refractivity (Wildman–Crippen MR) is 104 cm³/mol. The third-order valence-electron chi connectivity index (χ3n) is 4.16. The molecule has 3 aromatic heterocycles. The van der Waals surface area contributed by atoms with Crippen LogP contribution in [0.5, 0.6) is 5.75 Å². The van der Waals surface area contributed by atoms with Crippen molar-refractivity contribution in [1.82, 2.24) is 14.5 Å². The van der Waals surface area contributed by atoms with Crippen molar-refractivity contribution in [2.24, 2.45) is 0 Å². The molecule has 0 radical (unpaired) electrons. The van der Waals surface area contributed by atoms with Crippen LogP contribution in [-0.4, -0.2) is 14.5 Å². The molecule has 0 spiro atoms. The summed E-state index contributed by atoms with van der Waals surface area (Å²) < 4.78 is 7.31. The number of aromatic nitrogens is 3. The van der Waals surface area contributed by atoms with Crippen LogP contribution in [0.15, 0.2) is 96.3 Å². The van der Waals surface area contributed by atoms with Gasteiger partial charge in [0.15, 0.2) is 0 Å². The highest BCUT2D eigenvalue weighted by Gasteiger charge is 2.09. The fourth-order valence-electron chi connectivity index (χ4n) is 2.85. The molecule has 0 aliphatic carbocycles. The van der Waals surface area contributed by atoms with Crippen LogP contribution in [0.1, 0.15) is 5.69 Å². The van der Waals surface area contributed by atoms with Crippen LogP contribution < -0.4 is 10.3 Å². The molecule has 5 heteroatoms. The van der Waals surface area contributed by atoms with Gasteiger partial charge in [0.05, 0.1) is 11.4 Å². The largest absolute Gasteiger partial charge is 0.487 e. The number of ether oxygens (including phenoxy) is 1. The standard InChI is InChI=1S/C22H17N3O2/c26-22-15-19(27-16-18-5-3-4-11-24-18)10-14-25(22)21-7-2-1-6-20(21)17-8-12-23-13-9-17/h1-15H,16H2. The molecular weight excluding hydrogens is 338 g/mol. The van der Waals surface area contributed by atoms with E-state index in [9.17, 15) is 4.79 Å². The van der Waals surface area contributed by atoms with Crippen molar-refractivity contribution < 1.29 is 4.74 Å². The molecule has 0 aliphatic rings. The van der Waals surface area contributed by atoms with Gasteiger partial charge in [-0.15, -0.1) is 0 Å². The first-order valence-electron chi connectivity index (χ1n) is 8.56. The summed E-state index contributed by atoms with van der Waals surface area (Å²) in [6.07, 6.45) is 6.93. The molecule has 4 aromatic rings. The highest BCUT2D eigenvalue weighted by Crippen LogP contribution is 2.25. The third-order valence-corrected chi connectivity index (χ3v) is 4.16. The molecule has 0 aliphatic heterocycles. The fourth-order valence-corrected chi connectivity index (χ4v) is 2.85. The number of pyridine rings is 3. The number of hydrogen-bond donors (Lipinski definition) is 0. The maximum Gasteiger partial charge on any atom is 0.258 e. The molecule has 5 nitrogen and oxygen atoms in total. The summed E-state index contributed by atoms with van der Waals surface area (Å²) in [5.41, 5.74) is 3.43. The topological polar surface area (TPSA) is 57.0 Å². The summed E-state index contributed by atoms with van der Waals surface area (Å²) in [4.78, 5) is 21.0. The van der Waals surface area contributed by atoms with Gasteiger partial charge >= 0.3 is 0 Å². The minimum absolute atomic E-state index is 0.157. The van der Waals surface area contributed by atoms with E-state index in [1.807, 2.05) is 54.6 Å². The summed E-state index contributed by atoms with van der Waals surface area (Å²) in [5, 5.41) is 0. The van der Waals surface area contributed by atoms with Crippen molar-refractivity contribution in [3.05, 3.63) is 108 Å². The van der Waals surface area contributed by atoms with E-state index in [1.165, 1.54) is 6.07 Å². The number of hydrogen-bond acceptors (Lipinski definition) is 4. The average Bonchev–Trinajstić information content (AvgIpc) is 2.74. The normalized spacial score (nSPS) is 10.5. The summed E-state index contributed by atoms with van der Waals surface area (Å²) in [6, 6.07) is 20.5. The van der Waals surface area contributed by atoms with Gasteiger partial charge in [0.2, 0.25) is 0 Å². The first-order valence-corrected chi connectivity index (χ1v) is 8.56. The SMILES string of the molecule is O=c1cc(OCc2ccccn2)ccn1-c1ccccc1-c1ccncc1. The maximum atomic E-state index is 12.7. The molecule has 1 aromatic carbocycles. The fraction of sp³-hybridized carbons (Fsp3) is 0.0455. The molecular formula is C22H17N3O2. The van der Waals surface area contributed by atoms with Crippen LogP contribution in [0.4, 0.5) is 0 Å². The zero-order valence-corrected chi connectivity index (χ0v) is 14.5. The van der Waals surface area contributed by atoms with Crippen LogP contribution in [-0.2, 0) is 6.61 Å². The summed E-state index contributed by atoms with van der Waals surface area (Å²) in [6.45, 7) is 0.317. The van der Waals surface area contributed by atoms with E-state index in [0.717, 1.165) is 22.5 Å². The number of para-hydroxylation sites is 1. The Kier molecular flexibility index (Phi) is 4.74. The number of nitrogens with zero attached hydrogens (tertiary/aromatic N) is 3. The van der Waals surface area contributed by atoms with E-state index in [0.29, 0.717) is 12.4 Å². The Labute approximate surface area is 156 Å². The van der Waals surface area contributed by atoms with Gasteiger partial charge in [-0.05, 0) is 42.0 Å². The lowest BCUT2D eigenvalue weighted by atomic mass is 10.0. The van der Waals surface area contributed by atoms with Crippen molar-refractivity contribution in [3.63, 3.8) is 0 Å². The zero-order valence-electron chi connectivity index (χ0n) is 14.5. The Morgan fingerprint density at radius 2 is 1.70 bits per heavy atom. The van der Waals surface area contributed by atoms with E-state index < -0.39 is 0 Å². The summed E-state index contributed by atoms with van der Waals surface area (Å²) >= 11 is 0. The lowest BCUT2D eigenvalue weighted by molar-refractivity contribution is 0.300. The molecule has 27 heavy (non-hydrogen) atoms. The Hall–Kier alpha value is -3.73. The number of benzene rings is 1. The number of rotatable bonds is 5. The van der Waals surface area contributed by atoms with Gasteiger partial charge in [0, 0.05) is 36.4 Å². The van der Waals surface area contributed by atoms with Crippen LogP contribution in [0.2, 0.25) is 0 Å². The van der Waals surface area contributed by atoms with E-state index in [2.05, 4.69) is 9.97 Å². The smallest absolute Gasteiger partial charge is 0.258 e. The van der Waals surface area contributed by atoms with E-state index in [-0.39, 0.29) is 5.56 Å². The molecule has 0 N–H and O–H groups in total. The second kappa shape index (κ2) is 7.66. The zero-order chi connectivity index (χ0) is 18.5. The van der Waals surface area contributed by atoms with Crippen LogP contribution in [0.25, 0.3) is 16.8 Å². The van der Waals surface area contributed by atoms with Crippen molar-refractivity contribution >= 4 is 0 Å². The van der Waals surface area contributed by atoms with Gasteiger partial charge in [-0.1, -0.05) is 24.3 Å². The molecule has 4 rings (SSSR count). The van der Waals surface area contributed by atoms with Gasteiger partial charge in [0.1, 0.15) is 12.4 Å². The molecule has 0 saturated carbocycles. The summed E-state index contributed by atoms with van der Waals surface area (Å²) in [5.74, 6) is 0.517. The van der Waals surface area contributed by atoms with E-state index >= 15 is 0 Å². The molecule has 3 heterocycles. The lowest BCUT2D eigenvalue weighted by Gasteiger charge is -2.13. The van der Waals surface area contributed by atoms with Crippen LogP contribution in [0.3, 0.4) is 0 Å². The van der Waals surface area contributed by atoms with Gasteiger partial charge in [-0.3, -0.25) is 19.3 Å². The molecule has 0 bridgehead atoms. The quantitative estimate of drug-likeness (QED) is 0.545. The maximum absolute atomic E-state index is 12.7. The van der Waals surface area contributed by atoms with E-state index in [1.54, 1.807) is 35.4 Å². The van der Waals surface area contributed by atoms with E-state index in [4.69, 9.17) is 4.74 Å². The highest BCUT2D eigenvalue weighted by atomic mass is 16.5. The van der Waals surface area contributed by atoms with Crippen LogP contribution >= 0.6 is 0 Å². The second-order valence-electron chi connectivity index (χ2n) is 5.93. The minimum atomic E-state index is -0.157. The monoisotopic (exact) mass is 355 g/mol. The van der Waals surface area contributed by atoms with Gasteiger partial charge in [-0.2, -0.15) is 0 Å².